The van der Waals surface area contributed by atoms with Gasteiger partial charge in [0.1, 0.15) is 0 Å². The van der Waals surface area contributed by atoms with Crippen LogP contribution >= 0.6 is 0 Å². The third-order valence-corrected chi connectivity index (χ3v) is 5.14. The lowest BCUT2D eigenvalue weighted by Gasteiger charge is -2.36. The van der Waals surface area contributed by atoms with Crippen LogP contribution in [0.2, 0.25) is 0 Å². The van der Waals surface area contributed by atoms with E-state index in [2.05, 4.69) is 43.1 Å². The van der Waals surface area contributed by atoms with Gasteiger partial charge in [0, 0.05) is 23.8 Å². The van der Waals surface area contributed by atoms with Crippen molar-refractivity contribution >= 4 is 11.6 Å². The Bertz CT molecular complexity index is 528. The van der Waals surface area contributed by atoms with Crippen molar-refractivity contribution in [1.29, 1.82) is 0 Å². The average molecular weight is 286 g/mol. The molecule has 1 N–H and O–H groups in total. The lowest BCUT2D eigenvalue weighted by atomic mass is 9.86. The predicted octanol–water partition coefficient (Wildman–Crippen LogP) is 3.76. The lowest BCUT2D eigenvalue weighted by Crippen LogP contribution is -2.44. The number of likely N-dealkylation sites (tertiary alicyclic amines) is 1. The van der Waals surface area contributed by atoms with Crippen LogP contribution in [0.5, 0.6) is 0 Å². The Morgan fingerprint density at radius 2 is 2.05 bits per heavy atom. The maximum Gasteiger partial charge on any atom is 0.230 e. The van der Waals surface area contributed by atoms with E-state index < -0.39 is 0 Å². The van der Waals surface area contributed by atoms with Gasteiger partial charge in [0.05, 0.1) is 5.92 Å². The zero-order chi connectivity index (χ0) is 15.0. The van der Waals surface area contributed by atoms with E-state index >= 15 is 0 Å². The number of hydrogen-bond donors (Lipinski definition) is 1. The molecule has 0 aromatic heterocycles. The number of amides is 1. The van der Waals surface area contributed by atoms with Crippen molar-refractivity contribution in [2.45, 2.75) is 70.5 Å². The molecule has 1 fully saturated rings. The molecule has 3 rings (SSSR count). The highest BCUT2D eigenvalue weighted by Gasteiger charge is 2.39. The molecule has 1 aromatic rings. The van der Waals surface area contributed by atoms with Gasteiger partial charge in [-0.3, -0.25) is 4.79 Å². The van der Waals surface area contributed by atoms with Crippen LogP contribution in [0.3, 0.4) is 0 Å². The molecule has 2 heterocycles. The van der Waals surface area contributed by atoms with Crippen LogP contribution in [-0.4, -0.2) is 28.9 Å². The Labute approximate surface area is 127 Å². The molecule has 4 unspecified atom stereocenters. The van der Waals surface area contributed by atoms with Gasteiger partial charge in [-0.2, -0.15) is 0 Å². The number of benzene rings is 1. The molecule has 2 aliphatic rings. The highest BCUT2D eigenvalue weighted by Crippen LogP contribution is 2.38. The van der Waals surface area contributed by atoms with Gasteiger partial charge in [-0.05, 0) is 51.2 Å². The standard InChI is InChI=1S/C18H26N2O/c1-4-14-10-9-13(3)20(14)18(21)16-11-12(2)19-17-8-6-5-7-15(16)17/h5-8,12-14,16,19H,4,9-11H2,1-3H3. The molecule has 0 radical (unpaired) electrons. The molecular weight excluding hydrogens is 260 g/mol. The van der Waals surface area contributed by atoms with Gasteiger partial charge in [-0.1, -0.05) is 25.1 Å². The van der Waals surface area contributed by atoms with Crippen LogP contribution in [0, 0.1) is 0 Å². The monoisotopic (exact) mass is 286 g/mol. The Morgan fingerprint density at radius 1 is 1.29 bits per heavy atom. The van der Waals surface area contributed by atoms with E-state index in [1.165, 1.54) is 5.56 Å². The minimum atomic E-state index is 0.0204. The molecule has 0 bridgehead atoms. The summed E-state index contributed by atoms with van der Waals surface area (Å²) in [6.07, 6.45) is 4.27. The first-order valence-corrected chi connectivity index (χ1v) is 8.29. The Balaban J connectivity index is 1.91. The summed E-state index contributed by atoms with van der Waals surface area (Å²) in [6.45, 7) is 6.56. The number of rotatable bonds is 2. The second-order valence-electron chi connectivity index (χ2n) is 6.65. The van der Waals surface area contributed by atoms with Crippen LogP contribution in [0.25, 0.3) is 0 Å². The van der Waals surface area contributed by atoms with Crippen molar-refractivity contribution < 1.29 is 4.79 Å². The predicted molar refractivity (Wildman–Crippen MR) is 86.5 cm³/mol. The largest absolute Gasteiger partial charge is 0.382 e. The number of hydrogen-bond acceptors (Lipinski definition) is 2. The van der Waals surface area contributed by atoms with Gasteiger partial charge in [0.25, 0.3) is 0 Å². The summed E-state index contributed by atoms with van der Waals surface area (Å²) in [4.78, 5) is 15.4. The first-order valence-electron chi connectivity index (χ1n) is 8.29. The number of anilines is 1. The smallest absolute Gasteiger partial charge is 0.230 e. The van der Waals surface area contributed by atoms with Crippen molar-refractivity contribution in [3.05, 3.63) is 29.8 Å². The van der Waals surface area contributed by atoms with Gasteiger partial charge < -0.3 is 10.2 Å². The van der Waals surface area contributed by atoms with Crippen molar-refractivity contribution in [2.75, 3.05) is 5.32 Å². The van der Waals surface area contributed by atoms with E-state index in [1.54, 1.807) is 0 Å². The van der Waals surface area contributed by atoms with E-state index in [4.69, 9.17) is 0 Å². The number of para-hydroxylation sites is 1. The van der Waals surface area contributed by atoms with E-state index in [9.17, 15) is 4.79 Å². The third-order valence-electron chi connectivity index (χ3n) is 5.14. The zero-order valence-corrected chi connectivity index (χ0v) is 13.3. The summed E-state index contributed by atoms with van der Waals surface area (Å²) in [5, 5.41) is 3.50. The Kier molecular flexibility index (Phi) is 3.92. The summed E-state index contributed by atoms with van der Waals surface area (Å²) >= 11 is 0. The molecular formula is C18H26N2O. The number of nitrogens with one attached hydrogen (secondary N) is 1. The minimum absolute atomic E-state index is 0.0204. The van der Waals surface area contributed by atoms with Crippen LogP contribution in [0.1, 0.15) is 57.9 Å². The number of carbonyl (C=O) groups excluding carboxylic acids is 1. The molecule has 21 heavy (non-hydrogen) atoms. The first-order chi connectivity index (χ1) is 10.1. The Hall–Kier alpha value is -1.51. The van der Waals surface area contributed by atoms with E-state index in [-0.39, 0.29) is 5.92 Å². The summed E-state index contributed by atoms with van der Waals surface area (Å²) in [6, 6.07) is 9.46. The molecule has 1 saturated heterocycles. The summed E-state index contributed by atoms with van der Waals surface area (Å²) in [7, 11) is 0. The summed E-state index contributed by atoms with van der Waals surface area (Å²) in [5.74, 6) is 0.361. The second-order valence-corrected chi connectivity index (χ2v) is 6.65. The fourth-order valence-electron chi connectivity index (χ4n) is 4.02. The number of nitrogens with zero attached hydrogens (tertiary/aromatic N) is 1. The van der Waals surface area contributed by atoms with Gasteiger partial charge in [0.2, 0.25) is 5.91 Å². The van der Waals surface area contributed by atoms with E-state index in [0.29, 0.717) is 24.0 Å². The summed E-state index contributed by atoms with van der Waals surface area (Å²) in [5.41, 5.74) is 2.31. The summed E-state index contributed by atoms with van der Waals surface area (Å²) < 4.78 is 0. The van der Waals surface area contributed by atoms with Crippen LogP contribution in [0.15, 0.2) is 24.3 Å². The van der Waals surface area contributed by atoms with Gasteiger partial charge in [-0.15, -0.1) is 0 Å². The van der Waals surface area contributed by atoms with Crippen LogP contribution in [0.4, 0.5) is 5.69 Å². The maximum atomic E-state index is 13.2. The van der Waals surface area contributed by atoms with E-state index in [0.717, 1.165) is 31.4 Å². The van der Waals surface area contributed by atoms with Crippen LogP contribution in [-0.2, 0) is 4.79 Å². The molecule has 0 saturated carbocycles. The molecule has 2 aliphatic heterocycles. The highest BCUT2D eigenvalue weighted by molar-refractivity contribution is 5.87. The first kappa shape index (κ1) is 14.4. The molecule has 1 aromatic carbocycles. The van der Waals surface area contributed by atoms with Gasteiger partial charge >= 0.3 is 0 Å². The number of fused-ring (bicyclic) bond motifs is 1. The van der Waals surface area contributed by atoms with Crippen molar-refractivity contribution in [3.63, 3.8) is 0 Å². The van der Waals surface area contributed by atoms with Gasteiger partial charge in [-0.25, -0.2) is 0 Å². The molecule has 0 aliphatic carbocycles. The van der Waals surface area contributed by atoms with Crippen molar-refractivity contribution in [2.24, 2.45) is 0 Å². The molecule has 3 heteroatoms. The molecule has 1 amide bonds. The lowest BCUT2D eigenvalue weighted by molar-refractivity contribution is -0.135. The topological polar surface area (TPSA) is 32.3 Å². The zero-order valence-electron chi connectivity index (χ0n) is 13.3. The normalized spacial score (nSPS) is 31.7. The van der Waals surface area contributed by atoms with E-state index in [1.807, 2.05) is 12.1 Å². The third kappa shape index (κ3) is 2.54. The molecule has 114 valence electrons. The van der Waals surface area contributed by atoms with Crippen molar-refractivity contribution in [1.82, 2.24) is 4.90 Å². The fourth-order valence-corrected chi connectivity index (χ4v) is 4.02. The molecule has 0 spiro atoms. The van der Waals surface area contributed by atoms with Gasteiger partial charge in [0.15, 0.2) is 0 Å². The quantitative estimate of drug-likeness (QED) is 0.897. The number of carbonyl (C=O) groups is 1. The highest BCUT2D eigenvalue weighted by atomic mass is 16.2. The van der Waals surface area contributed by atoms with Crippen molar-refractivity contribution in [3.8, 4) is 0 Å². The maximum absolute atomic E-state index is 13.2. The SMILES string of the molecule is CCC1CCC(C)N1C(=O)C1CC(C)Nc2ccccc21. The fraction of sp³-hybridized carbons (Fsp3) is 0.611. The Morgan fingerprint density at radius 3 is 2.81 bits per heavy atom. The second kappa shape index (κ2) is 5.70. The average Bonchev–Trinajstić information content (AvgIpc) is 2.86. The van der Waals surface area contributed by atoms with Crippen LogP contribution < -0.4 is 5.32 Å². The minimum Gasteiger partial charge on any atom is -0.382 e. The molecule has 4 atom stereocenters. The molecule has 3 nitrogen and oxygen atoms in total.